The van der Waals surface area contributed by atoms with Crippen molar-refractivity contribution in [2.45, 2.75) is 0 Å². The van der Waals surface area contributed by atoms with Crippen molar-refractivity contribution in [3.8, 4) is 11.3 Å². The van der Waals surface area contributed by atoms with Crippen molar-refractivity contribution in [2.24, 2.45) is 0 Å². The Morgan fingerprint density at radius 3 is 2.57 bits per heavy atom. The maximum absolute atomic E-state index is 14.0. The molecule has 0 bridgehead atoms. The van der Waals surface area contributed by atoms with Crippen LogP contribution < -0.4 is 5.32 Å². The molecule has 2 aromatic carbocycles. The van der Waals surface area contributed by atoms with E-state index in [1.165, 1.54) is 18.6 Å². The minimum atomic E-state index is -0.979. The highest BCUT2D eigenvalue weighted by Crippen LogP contribution is 2.30. The molecular formula is C19H11F2N5O2. The van der Waals surface area contributed by atoms with E-state index in [2.05, 4.69) is 20.3 Å². The average Bonchev–Trinajstić information content (AvgIpc) is 2.68. The Morgan fingerprint density at radius 2 is 1.79 bits per heavy atom. The molecule has 9 heteroatoms. The number of nitrogens with zero attached hydrogens (tertiary/aromatic N) is 4. The lowest BCUT2D eigenvalue weighted by Gasteiger charge is -2.10. The minimum absolute atomic E-state index is 0.212. The van der Waals surface area contributed by atoms with Crippen LogP contribution in [0.15, 0.2) is 61.1 Å². The number of fused-ring (bicyclic) bond motifs is 1. The highest BCUT2D eigenvalue weighted by molar-refractivity contribution is 5.92. The molecule has 0 aliphatic rings. The molecule has 2 aromatic heterocycles. The molecule has 0 spiro atoms. The van der Waals surface area contributed by atoms with Crippen molar-refractivity contribution in [1.29, 1.82) is 0 Å². The Bertz CT molecular complexity index is 1220. The van der Waals surface area contributed by atoms with Crippen LogP contribution in [0.25, 0.3) is 22.2 Å². The van der Waals surface area contributed by atoms with E-state index in [0.29, 0.717) is 16.9 Å². The van der Waals surface area contributed by atoms with Crippen molar-refractivity contribution in [2.75, 3.05) is 5.32 Å². The Labute approximate surface area is 156 Å². The smallest absolute Gasteiger partial charge is 0.305 e. The maximum atomic E-state index is 14.0. The van der Waals surface area contributed by atoms with Gasteiger partial charge in [0.25, 0.3) is 0 Å². The van der Waals surface area contributed by atoms with Gasteiger partial charge in [-0.25, -0.2) is 14.4 Å². The largest absolute Gasteiger partial charge is 0.340 e. The molecule has 2 heterocycles. The summed E-state index contributed by atoms with van der Waals surface area (Å²) < 4.78 is 27.9. The van der Waals surface area contributed by atoms with Crippen molar-refractivity contribution >= 4 is 28.1 Å². The number of pyridine rings is 1. The lowest BCUT2D eigenvalue weighted by molar-refractivity contribution is -0.387. The zero-order valence-corrected chi connectivity index (χ0v) is 14.1. The zero-order chi connectivity index (χ0) is 19.7. The van der Waals surface area contributed by atoms with Crippen LogP contribution in [0.1, 0.15) is 0 Å². The number of halogens is 2. The molecule has 0 atom stereocenters. The lowest BCUT2D eigenvalue weighted by atomic mass is 10.1. The van der Waals surface area contributed by atoms with E-state index in [9.17, 15) is 18.9 Å². The summed E-state index contributed by atoms with van der Waals surface area (Å²) in [6.07, 6.45) is 2.71. The number of nitrogens with one attached hydrogen (secondary N) is 1. The summed E-state index contributed by atoms with van der Waals surface area (Å²) >= 11 is 0. The second-order valence-corrected chi connectivity index (χ2v) is 5.83. The molecular weight excluding hydrogens is 368 g/mol. The van der Waals surface area contributed by atoms with Crippen LogP contribution in [0.5, 0.6) is 0 Å². The molecule has 4 rings (SSSR count). The number of nitro benzene ring substituents is 1. The molecule has 0 saturated carbocycles. The van der Waals surface area contributed by atoms with E-state index < -0.39 is 22.2 Å². The Balaban J connectivity index is 1.77. The van der Waals surface area contributed by atoms with Crippen molar-refractivity contribution in [3.05, 3.63) is 82.8 Å². The van der Waals surface area contributed by atoms with Crippen LogP contribution >= 0.6 is 0 Å². The normalized spacial score (nSPS) is 10.8. The molecule has 0 aliphatic heterocycles. The summed E-state index contributed by atoms with van der Waals surface area (Å²) in [6.45, 7) is 0. The number of aromatic nitrogens is 3. The molecule has 0 fully saturated rings. The fourth-order valence-corrected chi connectivity index (χ4v) is 2.77. The number of hydrogen-bond acceptors (Lipinski definition) is 6. The molecule has 4 aromatic rings. The van der Waals surface area contributed by atoms with Crippen LogP contribution in [0.3, 0.4) is 0 Å². The summed E-state index contributed by atoms with van der Waals surface area (Å²) in [7, 11) is 0. The number of hydrogen-bond donors (Lipinski definition) is 1. The molecule has 0 amide bonds. The first kappa shape index (κ1) is 17.4. The third-order valence-electron chi connectivity index (χ3n) is 4.07. The van der Waals surface area contributed by atoms with Gasteiger partial charge in [0.2, 0.25) is 5.82 Å². The Kier molecular flexibility index (Phi) is 4.32. The number of benzene rings is 2. The van der Waals surface area contributed by atoms with Crippen molar-refractivity contribution in [1.82, 2.24) is 15.0 Å². The molecule has 138 valence electrons. The highest BCUT2D eigenvalue weighted by atomic mass is 19.1. The quantitative estimate of drug-likeness (QED) is 0.411. The number of anilines is 2. The topological polar surface area (TPSA) is 93.8 Å². The average molecular weight is 379 g/mol. The van der Waals surface area contributed by atoms with Gasteiger partial charge in [-0.2, -0.15) is 4.39 Å². The molecule has 1 N–H and O–H groups in total. The molecule has 28 heavy (non-hydrogen) atoms. The van der Waals surface area contributed by atoms with Gasteiger partial charge in [-0.3, -0.25) is 15.1 Å². The second-order valence-electron chi connectivity index (χ2n) is 5.83. The van der Waals surface area contributed by atoms with E-state index in [-0.39, 0.29) is 16.7 Å². The Morgan fingerprint density at radius 1 is 0.964 bits per heavy atom. The second kappa shape index (κ2) is 6.95. The van der Waals surface area contributed by atoms with Crippen LogP contribution in [0, 0.1) is 21.7 Å². The van der Waals surface area contributed by atoms with Gasteiger partial charge in [0.1, 0.15) is 18.0 Å². The van der Waals surface area contributed by atoms with E-state index in [0.717, 1.165) is 12.1 Å². The molecule has 0 radical (unpaired) electrons. The fourth-order valence-electron chi connectivity index (χ4n) is 2.77. The summed E-state index contributed by atoms with van der Waals surface area (Å²) in [5.41, 5.74) is 0.797. The van der Waals surface area contributed by atoms with Gasteiger partial charge in [0, 0.05) is 29.6 Å². The fraction of sp³-hybridized carbons (Fsp3) is 0. The van der Waals surface area contributed by atoms with E-state index in [4.69, 9.17) is 0 Å². The molecule has 0 unspecified atom stereocenters. The van der Waals surface area contributed by atoms with Gasteiger partial charge in [0.15, 0.2) is 0 Å². The van der Waals surface area contributed by atoms with Gasteiger partial charge in [-0.05, 0) is 24.3 Å². The lowest BCUT2D eigenvalue weighted by Crippen LogP contribution is -1.99. The number of rotatable bonds is 4. The van der Waals surface area contributed by atoms with Crippen LogP contribution in [-0.2, 0) is 0 Å². The van der Waals surface area contributed by atoms with E-state index in [1.54, 1.807) is 30.3 Å². The first-order chi connectivity index (χ1) is 13.5. The third-order valence-corrected chi connectivity index (χ3v) is 4.07. The summed E-state index contributed by atoms with van der Waals surface area (Å²) in [4.78, 5) is 22.4. The highest BCUT2D eigenvalue weighted by Gasteiger charge is 2.18. The van der Waals surface area contributed by atoms with Gasteiger partial charge in [-0.15, -0.1) is 0 Å². The predicted octanol–water partition coefficient (Wildman–Crippen LogP) is 4.62. The van der Waals surface area contributed by atoms with Gasteiger partial charge in [-0.1, -0.05) is 12.1 Å². The van der Waals surface area contributed by atoms with Gasteiger partial charge in [0.05, 0.1) is 21.5 Å². The van der Waals surface area contributed by atoms with Gasteiger partial charge >= 0.3 is 5.69 Å². The SMILES string of the molecule is O=[N+]([O-])c1cc2c(Nc3ccnc(-c4ccccc4F)c3)ncnc2cc1F. The van der Waals surface area contributed by atoms with E-state index >= 15 is 0 Å². The Hall–Kier alpha value is -4.01. The minimum Gasteiger partial charge on any atom is -0.340 e. The van der Waals surface area contributed by atoms with Crippen LogP contribution in [-0.4, -0.2) is 19.9 Å². The summed E-state index contributed by atoms with van der Waals surface area (Å²) in [6, 6.07) is 11.5. The standard InChI is InChI=1S/C19H11F2N5O2/c20-14-4-2-1-3-12(14)16-7-11(5-6-22-16)25-19-13-8-18(26(27)28)15(21)9-17(13)23-10-24-19/h1-10H,(H,22,23,24,25). The summed E-state index contributed by atoms with van der Waals surface area (Å²) in [5.74, 6) is -1.14. The van der Waals surface area contributed by atoms with Crippen molar-refractivity contribution in [3.63, 3.8) is 0 Å². The van der Waals surface area contributed by atoms with Gasteiger partial charge < -0.3 is 5.32 Å². The monoisotopic (exact) mass is 379 g/mol. The molecule has 7 nitrogen and oxygen atoms in total. The predicted molar refractivity (Wildman–Crippen MR) is 99.1 cm³/mol. The maximum Gasteiger partial charge on any atom is 0.305 e. The zero-order valence-electron chi connectivity index (χ0n) is 14.1. The first-order valence-electron chi connectivity index (χ1n) is 8.09. The molecule has 0 aliphatic carbocycles. The van der Waals surface area contributed by atoms with E-state index in [1.807, 2.05) is 0 Å². The van der Waals surface area contributed by atoms with Crippen LogP contribution in [0.4, 0.5) is 26.0 Å². The van der Waals surface area contributed by atoms with Crippen molar-refractivity contribution < 1.29 is 13.7 Å². The van der Waals surface area contributed by atoms with Crippen LogP contribution in [0.2, 0.25) is 0 Å². The summed E-state index contributed by atoms with van der Waals surface area (Å²) in [5, 5.41) is 14.3. The third kappa shape index (κ3) is 3.20. The first-order valence-corrected chi connectivity index (χ1v) is 8.09. The number of nitro groups is 1. The molecule has 0 saturated heterocycles.